The van der Waals surface area contributed by atoms with Gasteiger partial charge in [-0.2, -0.15) is 0 Å². The van der Waals surface area contributed by atoms with Gasteiger partial charge in [-0.1, -0.05) is 71.0 Å². The number of nitrogens with zero attached hydrogens (tertiary/aromatic N) is 2. The smallest absolute Gasteiger partial charge is 0.208 e. The van der Waals surface area contributed by atoms with Crippen LogP contribution in [0, 0.1) is 13.8 Å². The molecule has 2 aromatic carbocycles. The predicted molar refractivity (Wildman–Crippen MR) is 92.3 cm³/mol. The van der Waals surface area contributed by atoms with Crippen LogP contribution in [-0.4, -0.2) is 10.3 Å². The summed E-state index contributed by atoms with van der Waals surface area (Å²) in [5.41, 5.74) is 5.57. The zero-order valence-corrected chi connectivity index (χ0v) is 13.5. The summed E-state index contributed by atoms with van der Waals surface area (Å²) in [5, 5.41) is 8.45. The summed E-state index contributed by atoms with van der Waals surface area (Å²) in [6, 6.07) is 19.9. The van der Waals surface area contributed by atoms with Crippen LogP contribution in [-0.2, 0) is 0 Å². The van der Waals surface area contributed by atoms with Crippen molar-refractivity contribution < 1.29 is 9.05 Å². The van der Waals surface area contributed by atoms with E-state index >= 15 is 0 Å². The fraction of sp³-hybridized carbons (Fsp3) is 0.100. The summed E-state index contributed by atoms with van der Waals surface area (Å²) in [4.78, 5) is 0. The summed E-state index contributed by atoms with van der Waals surface area (Å²) in [6.45, 7) is 3.97. The van der Waals surface area contributed by atoms with Crippen molar-refractivity contribution in [3.63, 3.8) is 0 Å². The summed E-state index contributed by atoms with van der Waals surface area (Å²) < 4.78 is 11.2. The fourth-order valence-corrected chi connectivity index (χ4v) is 2.83. The van der Waals surface area contributed by atoms with Gasteiger partial charge in [0.15, 0.2) is 0 Å². The van der Waals surface area contributed by atoms with Crippen molar-refractivity contribution in [3.8, 4) is 34.0 Å². The summed E-state index contributed by atoms with van der Waals surface area (Å²) >= 11 is 0. The monoisotopic (exact) mass is 316 g/mol. The largest absolute Gasteiger partial charge is 0.352 e. The second-order valence-corrected chi connectivity index (χ2v) is 5.70. The highest BCUT2D eigenvalue weighted by molar-refractivity contribution is 5.75. The molecule has 0 saturated carbocycles. The Bertz CT molecular complexity index is 888. The van der Waals surface area contributed by atoms with Crippen LogP contribution in [0.2, 0.25) is 0 Å². The Kier molecular flexibility index (Phi) is 3.50. The lowest BCUT2D eigenvalue weighted by molar-refractivity contribution is 0.388. The Hall–Kier alpha value is -3.14. The molecule has 0 aliphatic heterocycles. The standard InChI is InChI=1S/C20H16N2O2/c1-13-17(15-9-5-3-6-10-15)21-23-19(13)20-14(2)18(22-24-20)16-11-7-4-8-12-16/h3-12H,1-2H3. The lowest BCUT2D eigenvalue weighted by atomic mass is 10.0. The minimum absolute atomic E-state index is 0.626. The van der Waals surface area contributed by atoms with E-state index in [1.165, 1.54) is 0 Å². The van der Waals surface area contributed by atoms with Gasteiger partial charge >= 0.3 is 0 Å². The zero-order chi connectivity index (χ0) is 16.5. The average Bonchev–Trinajstić information content (AvgIpc) is 3.19. The van der Waals surface area contributed by atoms with Crippen LogP contribution in [0.5, 0.6) is 0 Å². The van der Waals surface area contributed by atoms with E-state index < -0.39 is 0 Å². The molecule has 0 aliphatic carbocycles. The molecule has 0 unspecified atom stereocenters. The van der Waals surface area contributed by atoms with Gasteiger partial charge in [0, 0.05) is 22.3 Å². The van der Waals surface area contributed by atoms with Crippen LogP contribution >= 0.6 is 0 Å². The van der Waals surface area contributed by atoms with E-state index in [0.29, 0.717) is 11.5 Å². The van der Waals surface area contributed by atoms with Gasteiger partial charge in [0.05, 0.1) is 0 Å². The van der Waals surface area contributed by atoms with Crippen LogP contribution in [0.3, 0.4) is 0 Å². The van der Waals surface area contributed by atoms with E-state index in [2.05, 4.69) is 10.3 Å². The molecule has 24 heavy (non-hydrogen) atoms. The number of hydrogen-bond donors (Lipinski definition) is 0. The van der Waals surface area contributed by atoms with E-state index in [0.717, 1.165) is 33.6 Å². The van der Waals surface area contributed by atoms with E-state index in [1.54, 1.807) is 0 Å². The van der Waals surface area contributed by atoms with E-state index in [1.807, 2.05) is 74.5 Å². The molecule has 2 aromatic heterocycles. The number of hydrogen-bond acceptors (Lipinski definition) is 4. The third kappa shape index (κ3) is 2.33. The zero-order valence-electron chi connectivity index (χ0n) is 13.5. The third-order valence-corrected chi connectivity index (χ3v) is 4.15. The summed E-state index contributed by atoms with van der Waals surface area (Å²) in [6.07, 6.45) is 0. The predicted octanol–water partition coefficient (Wildman–Crippen LogP) is 5.28. The molecule has 0 fully saturated rings. The van der Waals surface area contributed by atoms with Crippen LogP contribution in [0.4, 0.5) is 0 Å². The Balaban J connectivity index is 1.79. The highest BCUT2D eigenvalue weighted by Gasteiger charge is 2.23. The topological polar surface area (TPSA) is 52.1 Å². The lowest BCUT2D eigenvalue weighted by Crippen LogP contribution is -1.83. The van der Waals surface area contributed by atoms with Crippen LogP contribution in [0.15, 0.2) is 69.7 Å². The van der Waals surface area contributed by atoms with Crippen LogP contribution in [0.1, 0.15) is 11.1 Å². The van der Waals surface area contributed by atoms with E-state index in [4.69, 9.17) is 9.05 Å². The maximum atomic E-state index is 5.58. The quantitative estimate of drug-likeness (QED) is 0.516. The second kappa shape index (κ2) is 5.81. The minimum atomic E-state index is 0.626. The molecular formula is C20H16N2O2. The summed E-state index contributed by atoms with van der Waals surface area (Å²) in [7, 11) is 0. The maximum Gasteiger partial charge on any atom is 0.208 e. The molecule has 0 amide bonds. The van der Waals surface area contributed by atoms with Crippen molar-refractivity contribution in [2.75, 3.05) is 0 Å². The van der Waals surface area contributed by atoms with Crippen LogP contribution < -0.4 is 0 Å². The Morgan fingerprint density at radius 2 is 0.958 bits per heavy atom. The number of aromatic nitrogens is 2. The Labute approximate surface area is 139 Å². The number of benzene rings is 2. The SMILES string of the molecule is Cc1c(-c2ccccc2)noc1-c1onc(-c2ccccc2)c1C. The molecule has 0 atom stereocenters. The van der Waals surface area contributed by atoms with Crippen LogP contribution in [0.25, 0.3) is 34.0 Å². The molecule has 4 nitrogen and oxygen atoms in total. The summed E-state index contributed by atoms with van der Waals surface area (Å²) in [5.74, 6) is 1.25. The molecular weight excluding hydrogens is 300 g/mol. The normalized spacial score (nSPS) is 10.9. The molecule has 0 radical (unpaired) electrons. The Morgan fingerprint density at radius 3 is 1.33 bits per heavy atom. The van der Waals surface area contributed by atoms with Gasteiger partial charge in [-0.3, -0.25) is 0 Å². The molecule has 4 aromatic rings. The van der Waals surface area contributed by atoms with Gasteiger partial charge in [0.2, 0.25) is 11.5 Å². The van der Waals surface area contributed by atoms with Crippen molar-refractivity contribution in [2.45, 2.75) is 13.8 Å². The van der Waals surface area contributed by atoms with E-state index in [-0.39, 0.29) is 0 Å². The minimum Gasteiger partial charge on any atom is -0.352 e. The van der Waals surface area contributed by atoms with Gasteiger partial charge in [0.1, 0.15) is 11.4 Å². The molecule has 0 N–H and O–H groups in total. The van der Waals surface area contributed by atoms with Crippen molar-refractivity contribution in [1.29, 1.82) is 0 Å². The maximum absolute atomic E-state index is 5.58. The average molecular weight is 316 g/mol. The van der Waals surface area contributed by atoms with Gasteiger partial charge in [-0.25, -0.2) is 0 Å². The van der Waals surface area contributed by atoms with Gasteiger partial charge in [0.25, 0.3) is 0 Å². The van der Waals surface area contributed by atoms with Crippen molar-refractivity contribution in [2.24, 2.45) is 0 Å². The highest BCUT2D eigenvalue weighted by atomic mass is 16.5. The molecule has 0 spiro atoms. The van der Waals surface area contributed by atoms with Gasteiger partial charge in [-0.05, 0) is 13.8 Å². The van der Waals surface area contributed by atoms with Gasteiger partial charge in [-0.15, -0.1) is 0 Å². The van der Waals surface area contributed by atoms with Crippen molar-refractivity contribution >= 4 is 0 Å². The van der Waals surface area contributed by atoms with Crippen molar-refractivity contribution in [1.82, 2.24) is 10.3 Å². The second-order valence-electron chi connectivity index (χ2n) is 5.70. The number of rotatable bonds is 3. The first-order valence-corrected chi connectivity index (χ1v) is 7.79. The van der Waals surface area contributed by atoms with E-state index in [9.17, 15) is 0 Å². The third-order valence-electron chi connectivity index (χ3n) is 4.15. The van der Waals surface area contributed by atoms with Crippen molar-refractivity contribution in [3.05, 3.63) is 71.8 Å². The first-order valence-electron chi connectivity index (χ1n) is 7.79. The fourth-order valence-electron chi connectivity index (χ4n) is 2.83. The molecule has 0 saturated heterocycles. The molecule has 0 aliphatic rings. The molecule has 118 valence electrons. The lowest BCUT2D eigenvalue weighted by Gasteiger charge is -1.98. The highest BCUT2D eigenvalue weighted by Crippen LogP contribution is 2.36. The first kappa shape index (κ1) is 14.5. The molecule has 4 heteroatoms. The molecule has 0 bridgehead atoms. The molecule has 4 rings (SSSR count). The molecule has 2 heterocycles. The Morgan fingerprint density at radius 1 is 0.583 bits per heavy atom. The van der Waals surface area contributed by atoms with Gasteiger partial charge < -0.3 is 9.05 Å². The first-order chi connectivity index (χ1) is 11.8.